The van der Waals surface area contributed by atoms with E-state index >= 15 is 0 Å². The summed E-state index contributed by atoms with van der Waals surface area (Å²) < 4.78 is 0. The van der Waals surface area contributed by atoms with Crippen LogP contribution >= 0.6 is 0 Å². The van der Waals surface area contributed by atoms with Gasteiger partial charge in [-0.25, -0.2) is 0 Å². The highest BCUT2D eigenvalue weighted by Gasteiger charge is 2.13. The summed E-state index contributed by atoms with van der Waals surface area (Å²) in [7, 11) is 0. The molecule has 0 aliphatic carbocycles. The maximum absolute atomic E-state index is 11.9. The maximum Gasteiger partial charge on any atom is 0.237 e. The number of carbonyl (C=O) groups excluding carboxylic acids is 1. The second-order valence-corrected chi connectivity index (χ2v) is 5.25. The third kappa shape index (κ3) is 3.54. The summed E-state index contributed by atoms with van der Waals surface area (Å²) in [6.07, 6.45) is 1.80. The zero-order valence-corrected chi connectivity index (χ0v) is 12.2. The Labute approximate surface area is 119 Å². The van der Waals surface area contributed by atoms with Gasteiger partial charge < -0.3 is 10.6 Å². The molecule has 2 N–H and O–H groups in total. The molecule has 0 saturated carbocycles. The predicted molar refractivity (Wildman–Crippen MR) is 81.3 cm³/mol. The smallest absolute Gasteiger partial charge is 0.237 e. The van der Waals surface area contributed by atoms with Gasteiger partial charge in [-0.2, -0.15) is 0 Å². The van der Waals surface area contributed by atoms with E-state index in [9.17, 15) is 4.79 Å². The molecular formula is C16H21N3O. The van der Waals surface area contributed by atoms with Gasteiger partial charge in [0.05, 0.1) is 11.6 Å². The highest BCUT2D eigenvalue weighted by Crippen LogP contribution is 2.15. The minimum atomic E-state index is -0.218. The van der Waals surface area contributed by atoms with Gasteiger partial charge >= 0.3 is 0 Å². The van der Waals surface area contributed by atoms with Gasteiger partial charge in [-0.3, -0.25) is 9.78 Å². The van der Waals surface area contributed by atoms with Crippen LogP contribution in [0.1, 0.15) is 26.3 Å². The van der Waals surface area contributed by atoms with Crippen molar-refractivity contribution in [2.75, 3.05) is 0 Å². The van der Waals surface area contributed by atoms with Crippen LogP contribution in [0.3, 0.4) is 0 Å². The molecule has 0 radical (unpaired) electrons. The monoisotopic (exact) mass is 271 g/mol. The van der Waals surface area contributed by atoms with E-state index in [-0.39, 0.29) is 18.0 Å². The topological polar surface area (TPSA) is 54.0 Å². The number of benzene rings is 1. The number of nitrogens with zero attached hydrogens (tertiary/aromatic N) is 1. The summed E-state index contributed by atoms with van der Waals surface area (Å²) in [6, 6.07) is 9.96. The molecular weight excluding hydrogens is 250 g/mol. The van der Waals surface area contributed by atoms with Crippen LogP contribution in [-0.4, -0.2) is 23.0 Å². The Bertz CT molecular complexity index is 590. The molecule has 106 valence electrons. The molecule has 0 fully saturated rings. The molecule has 1 aromatic heterocycles. The molecule has 0 spiro atoms. The molecule has 0 saturated heterocycles. The highest BCUT2D eigenvalue weighted by molar-refractivity contribution is 5.83. The van der Waals surface area contributed by atoms with Crippen molar-refractivity contribution in [1.82, 2.24) is 15.6 Å². The number of pyridine rings is 1. The molecule has 2 aromatic rings. The van der Waals surface area contributed by atoms with E-state index in [2.05, 4.69) is 21.7 Å². The Morgan fingerprint density at radius 3 is 2.70 bits per heavy atom. The van der Waals surface area contributed by atoms with Crippen LogP contribution in [0.15, 0.2) is 36.5 Å². The molecule has 1 atom stereocenters. The molecule has 2 rings (SSSR count). The summed E-state index contributed by atoms with van der Waals surface area (Å²) in [5, 5.41) is 7.28. The van der Waals surface area contributed by atoms with Gasteiger partial charge in [0.1, 0.15) is 0 Å². The second kappa shape index (κ2) is 6.48. The molecule has 1 amide bonds. The third-order valence-corrected chi connectivity index (χ3v) is 3.16. The fourth-order valence-corrected chi connectivity index (χ4v) is 2.07. The molecule has 1 unspecified atom stereocenters. The van der Waals surface area contributed by atoms with Crippen molar-refractivity contribution in [2.24, 2.45) is 0 Å². The van der Waals surface area contributed by atoms with E-state index in [0.29, 0.717) is 6.54 Å². The molecule has 1 aromatic carbocycles. The molecule has 4 heteroatoms. The van der Waals surface area contributed by atoms with Gasteiger partial charge in [-0.05, 0) is 38.5 Å². The Morgan fingerprint density at radius 2 is 1.95 bits per heavy atom. The number of aromatic nitrogens is 1. The second-order valence-electron chi connectivity index (χ2n) is 5.25. The van der Waals surface area contributed by atoms with Crippen LogP contribution in [0.4, 0.5) is 0 Å². The van der Waals surface area contributed by atoms with E-state index in [1.807, 2.05) is 45.0 Å². The van der Waals surface area contributed by atoms with Crippen LogP contribution in [0.25, 0.3) is 10.9 Å². The van der Waals surface area contributed by atoms with Gasteiger partial charge in [0, 0.05) is 24.2 Å². The van der Waals surface area contributed by atoms with Gasteiger partial charge in [0.2, 0.25) is 5.91 Å². The van der Waals surface area contributed by atoms with Gasteiger partial charge in [-0.1, -0.05) is 18.2 Å². The largest absolute Gasteiger partial charge is 0.353 e. The van der Waals surface area contributed by atoms with Crippen molar-refractivity contribution in [1.29, 1.82) is 0 Å². The van der Waals surface area contributed by atoms with Crippen molar-refractivity contribution < 1.29 is 4.79 Å². The lowest BCUT2D eigenvalue weighted by Crippen LogP contribution is -2.44. The van der Waals surface area contributed by atoms with E-state index in [0.717, 1.165) is 16.5 Å². The summed E-state index contributed by atoms with van der Waals surface area (Å²) in [5.41, 5.74) is 2.13. The zero-order valence-electron chi connectivity index (χ0n) is 12.2. The first-order valence-electron chi connectivity index (χ1n) is 6.94. The summed E-state index contributed by atoms with van der Waals surface area (Å²) >= 11 is 0. The highest BCUT2D eigenvalue weighted by atomic mass is 16.2. The minimum absolute atomic E-state index is 0.0263. The average molecular weight is 271 g/mol. The molecule has 0 aliphatic heterocycles. The number of nitrogens with one attached hydrogen (secondary N) is 2. The number of para-hydroxylation sites is 1. The van der Waals surface area contributed by atoms with Crippen LogP contribution < -0.4 is 10.6 Å². The van der Waals surface area contributed by atoms with Crippen molar-refractivity contribution in [3.8, 4) is 0 Å². The van der Waals surface area contributed by atoms with Crippen LogP contribution in [0.5, 0.6) is 0 Å². The van der Waals surface area contributed by atoms with E-state index in [1.165, 1.54) is 0 Å². The number of carbonyl (C=O) groups is 1. The first-order chi connectivity index (χ1) is 9.58. The number of fused-ring (bicyclic) bond motifs is 1. The normalized spacial score (nSPS) is 12.6. The number of hydrogen-bond acceptors (Lipinski definition) is 3. The lowest BCUT2D eigenvalue weighted by atomic mass is 10.1. The van der Waals surface area contributed by atoms with Gasteiger partial charge in [0.25, 0.3) is 0 Å². The van der Waals surface area contributed by atoms with Crippen molar-refractivity contribution in [3.05, 3.63) is 42.1 Å². The molecule has 0 aliphatic rings. The molecule has 1 heterocycles. The summed E-state index contributed by atoms with van der Waals surface area (Å²) in [5.74, 6) is 0.0263. The zero-order chi connectivity index (χ0) is 14.5. The van der Waals surface area contributed by atoms with Gasteiger partial charge in [-0.15, -0.1) is 0 Å². The Balaban J connectivity index is 2.04. The van der Waals surface area contributed by atoms with Crippen molar-refractivity contribution >= 4 is 16.8 Å². The predicted octanol–water partition coefficient (Wildman–Crippen LogP) is 2.24. The lowest BCUT2D eigenvalue weighted by Gasteiger charge is -2.16. The van der Waals surface area contributed by atoms with E-state index in [4.69, 9.17) is 0 Å². The minimum Gasteiger partial charge on any atom is -0.353 e. The van der Waals surface area contributed by atoms with Crippen molar-refractivity contribution in [2.45, 2.75) is 39.4 Å². The van der Waals surface area contributed by atoms with Crippen LogP contribution in [0.2, 0.25) is 0 Å². The average Bonchev–Trinajstić information content (AvgIpc) is 2.44. The maximum atomic E-state index is 11.9. The quantitative estimate of drug-likeness (QED) is 0.877. The SMILES string of the molecule is CC(C)NC(=O)C(C)NCc1ccnc2ccccc12. The molecule has 0 bridgehead atoms. The Kier molecular flexibility index (Phi) is 4.69. The Morgan fingerprint density at radius 1 is 1.20 bits per heavy atom. The fourth-order valence-electron chi connectivity index (χ4n) is 2.07. The van der Waals surface area contributed by atoms with Crippen LogP contribution in [-0.2, 0) is 11.3 Å². The van der Waals surface area contributed by atoms with E-state index in [1.54, 1.807) is 6.20 Å². The third-order valence-electron chi connectivity index (χ3n) is 3.16. The fraction of sp³-hybridized carbons (Fsp3) is 0.375. The number of hydrogen-bond donors (Lipinski definition) is 2. The Hall–Kier alpha value is -1.94. The standard InChI is InChI=1S/C16H21N3O/c1-11(2)19-16(20)12(3)18-10-13-8-9-17-15-7-5-4-6-14(13)15/h4-9,11-12,18H,10H2,1-3H3,(H,19,20). The van der Waals surface area contributed by atoms with E-state index < -0.39 is 0 Å². The van der Waals surface area contributed by atoms with Gasteiger partial charge in [0.15, 0.2) is 0 Å². The van der Waals surface area contributed by atoms with Crippen LogP contribution in [0, 0.1) is 0 Å². The number of amides is 1. The molecule has 20 heavy (non-hydrogen) atoms. The summed E-state index contributed by atoms with van der Waals surface area (Å²) in [6.45, 7) is 6.44. The molecule has 4 nitrogen and oxygen atoms in total. The first kappa shape index (κ1) is 14.5. The lowest BCUT2D eigenvalue weighted by molar-refractivity contribution is -0.123. The summed E-state index contributed by atoms with van der Waals surface area (Å²) in [4.78, 5) is 16.2. The van der Waals surface area contributed by atoms with Crippen molar-refractivity contribution in [3.63, 3.8) is 0 Å². The number of rotatable bonds is 5. The first-order valence-corrected chi connectivity index (χ1v) is 6.94.